The van der Waals surface area contributed by atoms with Crippen molar-refractivity contribution in [1.29, 1.82) is 0 Å². The summed E-state index contributed by atoms with van der Waals surface area (Å²) < 4.78 is 4.54. The fraction of sp³-hybridized carbons (Fsp3) is 0.917. The van der Waals surface area contributed by atoms with Crippen LogP contribution in [0.1, 0.15) is 38.5 Å². The molecule has 1 saturated carbocycles. The van der Waals surface area contributed by atoms with E-state index in [0.29, 0.717) is 25.4 Å². The number of rotatable bonds is 6. The molecule has 1 aliphatic rings. The van der Waals surface area contributed by atoms with Gasteiger partial charge in [-0.2, -0.15) is 0 Å². The van der Waals surface area contributed by atoms with E-state index in [1.165, 1.54) is 32.8 Å². The molecule has 0 bridgehead atoms. The lowest BCUT2D eigenvalue weighted by Gasteiger charge is -2.26. The van der Waals surface area contributed by atoms with Crippen molar-refractivity contribution >= 4 is 5.97 Å². The van der Waals surface area contributed by atoms with Crippen LogP contribution in [-0.2, 0) is 9.53 Å². The van der Waals surface area contributed by atoms with Gasteiger partial charge in [-0.05, 0) is 26.3 Å². The Morgan fingerprint density at radius 1 is 1.50 bits per heavy atom. The lowest BCUT2D eigenvalue weighted by molar-refractivity contribution is -0.141. The van der Waals surface area contributed by atoms with E-state index in [2.05, 4.69) is 16.7 Å². The quantitative estimate of drug-likeness (QED) is 0.695. The van der Waals surface area contributed by atoms with Gasteiger partial charge in [0.05, 0.1) is 13.2 Å². The van der Waals surface area contributed by atoms with Crippen molar-refractivity contribution in [3.63, 3.8) is 0 Å². The molecule has 0 saturated heterocycles. The molecule has 1 atom stereocenters. The number of aliphatic hydroxyl groups excluding tert-OH is 1. The van der Waals surface area contributed by atoms with Crippen LogP contribution in [-0.4, -0.2) is 48.8 Å². The number of aliphatic hydroxyl groups is 1. The van der Waals surface area contributed by atoms with E-state index < -0.39 is 6.10 Å². The highest BCUT2D eigenvalue weighted by Gasteiger charge is 2.21. The third-order valence-corrected chi connectivity index (χ3v) is 3.36. The molecule has 16 heavy (non-hydrogen) atoms. The normalized spacial score (nSPS) is 19.0. The second kappa shape index (κ2) is 6.86. The van der Waals surface area contributed by atoms with Gasteiger partial charge in [-0.1, -0.05) is 12.8 Å². The van der Waals surface area contributed by atoms with Gasteiger partial charge in [0.25, 0.3) is 0 Å². The summed E-state index contributed by atoms with van der Waals surface area (Å²) in [6.45, 7) is 0.654. The first-order valence-electron chi connectivity index (χ1n) is 6.08. The summed E-state index contributed by atoms with van der Waals surface area (Å²) in [6.07, 6.45) is 5.44. The molecule has 1 N–H and O–H groups in total. The Bertz CT molecular complexity index is 214. The van der Waals surface area contributed by atoms with Crippen LogP contribution in [0, 0.1) is 0 Å². The third-order valence-electron chi connectivity index (χ3n) is 3.36. The van der Waals surface area contributed by atoms with Crippen molar-refractivity contribution in [3.05, 3.63) is 0 Å². The van der Waals surface area contributed by atoms with Crippen LogP contribution in [0.15, 0.2) is 0 Å². The Labute approximate surface area is 97.6 Å². The zero-order valence-corrected chi connectivity index (χ0v) is 10.3. The minimum atomic E-state index is -0.426. The second-order valence-electron chi connectivity index (χ2n) is 4.65. The highest BCUT2D eigenvalue weighted by molar-refractivity contribution is 5.69. The predicted molar refractivity (Wildman–Crippen MR) is 62.1 cm³/mol. The standard InChI is InChI=1S/C12H23NO3/c1-13(10-5-3-4-6-10)9-11(14)7-8-12(15)16-2/h10-11,14H,3-9H2,1-2H3. The molecule has 4 nitrogen and oxygen atoms in total. The van der Waals surface area contributed by atoms with Crippen molar-refractivity contribution in [2.24, 2.45) is 0 Å². The summed E-state index contributed by atoms with van der Waals surface area (Å²) in [5, 5.41) is 9.77. The van der Waals surface area contributed by atoms with E-state index in [9.17, 15) is 9.90 Å². The summed E-state index contributed by atoms with van der Waals surface area (Å²) in [5.74, 6) is -0.248. The third kappa shape index (κ3) is 4.49. The molecule has 1 aliphatic carbocycles. The van der Waals surface area contributed by atoms with Crippen molar-refractivity contribution < 1.29 is 14.6 Å². The fourth-order valence-corrected chi connectivity index (χ4v) is 2.30. The summed E-state index contributed by atoms with van der Waals surface area (Å²) in [5.41, 5.74) is 0. The molecule has 0 amide bonds. The Morgan fingerprint density at radius 3 is 2.69 bits per heavy atom. The smallest absolute Gasteiger partial charge is 0.305 e. The van der Waals surface area contributed by atoms with Gasteiger partial charge in [0.2, 0.25) is 0 Å². The van der Waals surface area contributed by atoms with Gasteiger partial charge >= 0.3 is 5.97 Å². The topological polar surface area (TPSA) is 49.8 Å². The van der Waals surface area contributed by atoms with Crippen LogP contribution in [0.4, 0.5) is 0 Å². The zero-order chi connectivity index (χ0) is 12.0. The van der Waals surface area contributed by atoms with E-state index in [4.69, 9.17) is 0 Å². The van der Waals surface area contributed by atoms with Gasteiger partial charge in [0.15, 0.2) is 0 Å². The van der Waals surface area contributed by atoms with Gasteiger partial charge in [-0.3, -0.25) is 4.79 Å². The summed E-state index contributed by atoms with van der Waals surface area (Å²) in [6, 6.07) is 0.618. The molecule has 0 spiro atoms. The van der Waals surface area contributed by atoms with E-state index in [1.807, 2.05) is 0 Å². The summed E-state index contributed by atoms with van der Waals surface area (Å²) in [7, 11) is 3.43. The maximum absolute atomic E-state index is 10.9. The lowest BCUT2D eigenvalue weighted by atomic mass is 10.1. The Kier molecular flexibility index (Phi) is 5.77. The van der Waals surface area contributed by atoms with Gasteiger partial charge < -0.3 is 14.7 Å². The number of methoxy groups -OCH3 is 1. The van der Waals surface area contributed by atoms with Crippen molar-refractivity contribution in [2.45, 2.75) is 50.7 Å². The number of carbonyl (C=O) groups is 1. The van der Waals surface area contributed by atoms with Gasteiger partial charge in [0, 0.05) is 19.0 Å². The Hall–Kier alpha value is -0.610. The van der Waals surface area contributed by atoms with Crippen LogP contribution in [0.5, 0.6) is 0 Å². The molecule has 0 aromatic rings. The largest absolute Gasteiger partial charge is 0.469 e. The van der Waals surface area contributed by atoms with E-state index >= 15 is 0 Å². The summed E-state index contributed by atoms with van der Waals surface area (Å²) >= 11 is 0. The van der Waals surface area contributed by atoms with E-state index in [0.717, 1.165) is 0 Å². The minimum absolute atomic E-state index is 0.248. The summed E-state index contributed by atoms with van der Waals surface area (Å²) in [4.78, 5) is 13.1. The van der Waals surface area contributed by atoms with E-state index in [1.54, 1.807) is 0 Å². The van der Waals surface area contributed by atoms with Crippen LogP contribution in [0.25, 0.3) is 0 Å². The van der Waals surface area contributed by atoms with Gasteiger partial charge in [-0.15, -0.1) is 0 Å². The molecular weight excluding hydrogens is 206 g/mol. The number of nitrogens with zero attached hydrogens (tertiary/aromatic N) is 1. The zero-order valence-electron chi connectivity index (χ0n) is 10.3. The van der Waals surface area contributed by atoms with Gasteiger partial charge in [0.1, 0.15) is 0 Å². The van der Waals surface area contributed by atoms with Crippen molar-refractivity contribution in [2.75, 3.05) is 20.7 Å². The van der Waals surface area contributed by atoms with Crippen molar-refractivity contribution in [1.82, 2.24) is 4.90 Å². The maximum Gasteiger partial charge on any atom is 0.305 e. The molecule has 4 heteroatoms. The molecule has 0 heterocycles. The Balaban J connectivity index is 2.17. The fourth-order valence-electron chi connectivity index (χ4n) is 2.30. The van der Waals surface area contributed by atoms with Crippen LogP contribution in [0.3, 0.4) is 0 Å². The monoisotopic (exact) mass is 229 g/mol. The lowest BCUT2D eigenvalue weighted by Crippen LogP contribution is -2.36. The average molecular weight is 229 g/mol. The first kappa shape index (κ1) is 13.5. The predicted octanol–water partition coefficient (Wildman–Crippen LogP) is 1.17. The average Bonchev–Trinajstić information content (AvgIpc) is 2.79. The maximum atomic E-state index is 10.9. The molecule has 1 unspecified atom stereocenters. The molecule has 0 radical (unpaired) electrons. The first-order chi connectivity index (χ1) is 7.63. The van der Waals surface area contributed by atoms with E-state index in [-0.39, 0.29) is 5.97 Å². The number of ether oxygens (including phenoxy) is 1. The molecular formula is C12H23NO3. The van der Waals surface area contributed by atoms with Gasteiger partial charge in [-0.25, -0.2) is 0 Å². The molecule has 0 aromatic heterocycles. The number of likely N-dealkylation sites (N-methyl/N-ethyl adjacent to an activating group) is 1. The first-order valence-corrected chi connectivity index (χ1v) is 6.08. The molecule has 1 rings (SSSR count). The highest BCUT2D eigenvalue weighted by atomic mass is 16.5. The van der Waals surface area contributed by atoms with Crippen molar-refractivity contribution in [3.8, 4) is 0 Å². The molecule has 0 aromatic carbocycles. The second-order valence-corrected chi connectivity index (χ2v) is 4.65. The van der Waals surface area contributed by atoms with Crippen LogP contribution < -0.4 is 0 Å². The number of carbonyl (C=O) groups excluding carboxylic acids is 1. The SMILES string of the molecule is COC(=O)CCC(O)CN(C)C1CCCC1. The highest BCUT2D eigenvalue weighted by Crippen LogP contribution is 2.22. The minimum Gasteiger partial charge on any atom is -0.469 e. The Morgan fingerprint density at radius 2 is 2.12 bits per heavy atom. The number of esters is 1. The molecule has 1 fully saturated rings. The van der Waals surface area contributed by atoms with Crippen LogP contribution >= 0.6 is 0 Å². The molecule has 0 aliphatic heterocycles. The molecule has 94 valence electrons. The number of hydrogen-bond donors (Lipinski definition) is 1. The van der Waals surface area contributed by atoms with Crippen LogP contribution in [0.2, 0.25) is 0 Å². The number of hydrogen-bond acceptors (Lipinski definition) is 4.